The predicted octanol–water partition coefficient (Wildman–Crippen LogP) is 2.63. The van der Waals surface area contributed by atoms with Crippen molar-refractivity contribution < 1.29 is 19.1 Å². The van der Waals surface area contributed by atoms with Gasteiger partial charge in [0.25, 0.3) is 5.91 Å². The standard InChI is InChI=1S/C13H17BrN2O4/c1-3-4-7-20-11-6-5-9(8-10(11)14)12(17)15-16-13(18)19-2/h5-6,8H,3-4,7H2,1-2H3,(H,15,17)(H,16,18). The summed E-state index contributed by atoms with van der Waals surface area (Å²) < 4.78 is 10.6. The first-order valence-corrected chi connectivity index (χ1v) is 6.94. The van der Waals surface area contributed by atoms with E-state index in [0.717, 1.165) is 12.8 Å². The van der Waals surface area contributed by atoms with Crippen molar-refractivity contribution in [3.63, 3.8) is 0 Å². The van der Waals surface area contributed by atoms with Gasteiger partial charge in [0.05, 0.1) is 18.2 Å². The molecule has 110 valence electrons. The summed E-state index contributed by atoms with van der Waals surface area (Å²) in [7, 11) is 1.21. The van der Waals surface area contributed by atoms with E-state index in [0.29, 0.717) is 22.4 Å². The number of halogens is 1. The molecular formula is C13H17BrN2O4. The Balaban J connectivity index is 2.61. The molecule has 0 aliphatic heterocycles. The number of benzene rings is 1. The van der Waals surface area contributed by atoms with Crippen molar-refractivity contribution in [1.29, 1.82) is 0 Å². The zero-order valence-electron chi connectivity index (χ0n) is 11.4. The fraction of sp³-hybridized carbons (Fsp3) is 0.385. The van der Waals surface area contributed by atoms with Gasteiger partial charge in [0.1, 0.15) is 5.75 Å². The van der Waals surface area contributed by atoms with Gasteiger partial charge >= 0.3 is 6.09 Å². The number of nitrogens with one attached hydrogen (secondary N) is 2. The van der Waals surface area contributed by atoms with Gasteiger partial charge in [-0.15, -0.1) is 0 Å². The maximum atomic E-state index is 11.7. The number of rotatable bonds is 5. The molecule has 0 saturated carbocycles. The molecule has 2 amide bonds. The van der Waals surface area contributed by atoms with Gasteiger partial charge in [0.15, 0.2) is 0 Å². The molecule has 0 unspecified atom stereocenters. The van der Waals surface area contributed by atoms with E-state index in [1.165, 1.54) is 7.11 Å². The van der Waals surface area contributed by atoms with Crippen molar-refractivity contribution in [1.82, 2.24) is 10.9 Å². The molecule has 1 aromatic rings. The molecule has 20 heavy (non-hydrogen) atoms. The first-order valence-electron chi connectivity index (χ1n) is 6.15. The predicted molar refractivity (Wildman–Crippen MR) is 77.6 cm³/mol. The molecular weight excluding hydrogens is 328 g/mol. The van der Waals surface area contributed by atoms with Gasteiger partial charge < -0.3 is 9.47 Å². The molecule has 0 saturated heterocycles. The number of carbonyl (C=O) groups is 2. The summed E-state index contributed by atoms with van der Waals surface area (Å²) in [4.78, 5) is 22.6. The number of amides is 2. The second kappa shape index (κ2) is 8.42. The van der Waals surface area contributed by atoms with Crippen LogP contribution in [0.1, 0.15) is 30.1 Å². The lowest BCUT2D eigenvalue weighted by molar-refractivity contribution is 0.0920. The average molecular weight is 345 g/mol. The third kappa shape index (κ3) is 5.08. The molecule has 0 atom stereocenters. The van der Waals surface area contributed by atoms with E-state index in [1.807, 2.05) is 0 Å². The Morgan fingerprint density at radius 3 is 2.65 bits per heavy atom. The number of hydrogen-bond acceptors (Lipinski definition) is 4. The molecule has 0 aromatic heterocycles. The highest BCUT2D eigenvalue weighted by Crippen LogP contribution is 2.26. The monoisotopic (exact) mass is 344 g/mol. The van der Waals surface area contributed by atoms with E-state index >= 15 is 0 Å². The van der Waals surface area contributed by atoms with Gasteiger partial charge in [-0.1, -0.05) is 13.3 Å². The van der Waals surface area contributed by atoms with Crippen molar-refractivity contribution >= 4 is 27.9 Å². The first-order chi connectivity index (χ1) is 9.58. The summed E-state index contributed by atoms with van der Waals surface area (Å²) in [6.07, 6.45) is 1.28. The maximum Gasteiger partial charge on any atom is 0.425 e. The highest BCUT2D eigenvalue weighted by atomic mass is 79.9. The molecule has 0 fully saturated rings. The highest BCUT2D eigenvalue weighted by molar-refractivity contribution is 9.10. The molecule has 7 heteroatoms. The summed E-state index contributed by atoms with van der Waals surface area (Å²) in [5, 5.41) is 0. The molecule has 0 aliphatic rings. The average Bonchev–Trinajstić information content (AvgIpc) is 2.46. The number of unbranched alkanes of at least 4 members (excludes halogenated alkanes) is 1. The molecule has 0 spiro atoms. The Labute approximate surface area is 125 Å². The Morgan fingerprint density at radius 2 is 2.05 bits per heavy atom. The largest absolute Gasteiger partial charge is 0.492 e. The number of hydrogen-bond donors (Lipinski definition) is 2. The quantitative estimate of drug-likeness (QED) is 0.635. The van der Waals surface area contributed by atoms with Crippen LogP contribution < -0.4 is 15.6 Å². The first kappa shape index (κ1) is 16.3. The van der Waals surface area contributed by atoms with E-state index in [-0.39, 0.29) is 0 Å². The zero-order valence-corrected chi connectivity index (χ0v) is 13.0. The molecule has 0 bridgehead atoms. The van der Waals surface area contributed by atoms with Gasteiger partial charge in [0.2, 0.25) is 0 Å². The van der Waals surface area contributed by atoms with Gasteiger partial charge in [-0.2, -0.15) is 0 Å². The van der Waals surface area contributed by atoms with Crippen LogP contribution in [0.15, 0.2) is 22.7 Å². The summed E-state index contributed by atoms with van der Waals surface area (Å²) in [5.41, 5.74) is 4.71. The smallest absolute Gasteiger partial charge is 0.425 e. The molecule has 1 rings (SSSR count). The Hall–Kier alpha value is -1.76. The van der Waals surface area contributed by atoms with Crippen molar-refractivity contribution in [2.24, 2.45) is 0 Å². The minimum absolute atomic E-state index is 0.385. The van der Waals surface area contributed by atoms with Crippen LogP contribution in [0.5, 0.6) is 5.75 Å². The van der Waals surface area contributed by atoms with Gasteiger partial charge in [-0.25, -0.2) is 10.2 Å². The fourth-order valence-electron chi connectivity index (χ4n) is 1.32. The summed E-state index contributed by atoms with van der Waals surface area (Å²) in [5.74, 6) is 0.229. The van der Waals surface area contributed by atoms with Gasteiger partial charge in [-0.3, -0.25) is 10.2 Å². The molecule has 1 aromatic carbocycles. The van der Waals surface area contributed by atoms with Crippen LogP contribution in [0.4, 0.5) is 4.79 Å². The summed E-state index contributed by atoms with van der Waals surface area (Å²) in [6, 6.07) is 4.93. The Morgan fingerprint density at radius 1 is 1.30 bits per heavy atom. The van der Waals surface area contributed by atoms with Crippen LogP contribution >= 0.6 is 15.9 Å². The molecule has 2 N–H and O–H groups in total. The van der Waals surface area contributed by atoms with Crippen LogP contribution in [0, 0.1) is 0 Å². The fourth-order valence-corrected chi connectivity index (χ4v) is 1.81. The van der Waals surface area contributed by atoms with E-state index in [2.05, 4.69) is 38.4 Å². The van der Waals surface area contributed by atoms with Crippen LogP contribution in [0.3, 0.4) is 0 Å². The normalized spacial score (nSPS) is 9.75. The highest BCUT2D eigenvalue weighted by Gasteiger charge is 2.10. The number of carbonyl (C=O) groups excluding carboxylic acids is 2. The number of hydrazine groups is 1. The zero-order chi connectivity index (χ0) is 15.0. The van der Waals surface area contributed by atoms with Crippen molar-refractivity contribution in [3.8, 4) is 5.75 Å². The van der Waals surface area contributed by atoms with Crippen molar-refractivity contribution in [3.05, 3.63) is 28.2 Å². The minimum atomic E-state index is -0.739. The molecule has 0 heterocycles. The van der Waals surface area contributed by atoms with Crippen molar-refractivity contribution in [2.75, 3.05) is 13.7 Å². The van der Waals surface area contributed by atoms with Gasteiger partial charge in [0, 0.05) is 5.56 Å². The Kier molecular flexibility index (Phi) is 6.86. The lowest BCUT2D eigenvalue weighted by atomic mass is 10.2. The molecule has 0 radical (unpaired) electrons. The Bertz CT molecular complexity index is 479. The summed E-state index contributed by atoms with van der Waals surface area (Å²) >= 11 is 3.34. The number of methoxy groups -OCH3 is 1. The second-order valence-corrected chi connectivity index (χ2v) is 4.77. The second-order valence-electron chi connectivity index (χ2n) is 3.92. The van der Waals surface area contributed by atoms with Crippen molar-refractivity contribution in [2.45, 2.75) is 19.8 Å². The third-order valence-electron chi connectivity index (χ3n) is 2.41. The third-order valence-corrected chi connectivity index (χ3v) is 3.03. The molecule has 6 nitrogen and oxygen atoms in total. The van der Waals surface area contributed by atoms with Gasteiger partial charge in [-0.05, 0) is 40.5 Å². The lowest BCUT2D eigenvalue weighted by Crippen LogP contribution is -2.41. The van der Waals surface area contributed by atoms with E-state index in [9.17, 15) is 9.59 Å². The van der Waals surface area contributed by atoms with E-state index in [4.69, 9.17) is 4.74 Å². The van der Waals surface area contributed by atoms with E-state index in [1.54, 1.807) is 18.2 Å². The SMILES string of the molecule is CCCCOc1ccc(C(=O)NNC(=O)OC)cc1Br. The van der Waals surface area contributed by atoms with Crippen LogP contribution in [0.2, 0.25) is 0 Å². The topological polar surface area (TPSA) is 76.7 Å². The lowest BCUT2D eigenvalue weighted by Gasteiger charge is -2.10. The van der Waals surface area contributed by atoms with Crippen LogP contribution in [0.25, 0.3) is 0 Å². The van der Waals surface area contributed by atoms with Crippen LogP contribution in [-0.2, 0) is 4.74 Å². The summed E-state index contributed by atoms with van der Waals surface area (Å²) in [6.45, 7) is 2.71. The van der Waals surface area contributed by atoms with E-state index < -0.39 is 12.0 Å². The maximum absolute atomic E-state index is 11.7. The molecule has 0 aliphatic carbocycles. The van der Waals surface area contributed by atoms with Crippen LogP contribution in [-0.4, -0.2) is 25.7 Å². The minimum Gasteiger partial charge on any atom is -0.492 e. The number of ether oxygens (including phenoxy) is 2.